The molecule has 0 saturated heterocycles. The summed E-state index contributed by atoms with van der Waals surface area (Å²) in [5, 5.41) is 0. The van der Waals surface area contributed by atoms with Crippen molar-refractivity contribution in [3.05, 3.63) is 12.2 Å². The van der Waals surface area contributed by atoms with E-state index in [-0.39, 0.29) is 0 Å². The van der Waals surface area contributed by atoms with E-state index < -0.39 is 0 Å². The molecule has 252 valence electrons. The molecule has 42 heavy (non-hydrogen) atoms. The lowest BCUT2D eigenvalue weighted by atomic mass is 10.00. The highest BCUT2D eigenvalue weighted by molar-refractivity contribution is 4.93. The second-order valence-corrected chi connectivity index (χ2v) is 14.3. The molecule has 0 aliphatic rings. The second-order valence-electron chi connectivity index (χ2n) is 14.3. The molecule has 0 nitrogen and oxygen atoms in total. The first-order valence-electron chi connectivity index (χ1n) is 20.5. The minimum Gasteiger partial charge on any atom is -0.0999 e. The highest BCUT2D eigenvalue weighted by Gasteiger charge is 1.99. The van der Waals surface area contributed by atoms with E-state index in [1.54, 1.807) is 0 Å². The van der Waals surface area contributed by atoms with E-state index in [9.17, 15) is 0 Å². The van der Waals surface area contributed by atoms with E-state index in [1.165, 1.54) is 250 Å². The molecule has 0 unspecified atom stereocenters. The van der Waals surface area contributed by atoms with Crippen molar-refractivity contribution >= 4 is 0 Å². The summed E-state index contributed by atoms with van der Waals surface area (Å²) < 4.78 is 0. The predicted molar refractivity (Wildman–Crippen MR) is 196 cm³/mol. The number of unbranched alkanes of at least 4 members (excludes halogenated alkanes) is 34. The van der Waals surface area contributed by atoms with Crippen LogP contribution in [0.1, 0.15) is 258 Å². The third kappa shape index (κ3) is 37.8. The van der Waals surface area contributed by atoms with Gasteiger partial charge >= 0.3 is 0 Å². The van der Waals surface area contributed by atoms with Gasteiger partial charge in [0.2, 0.25) is 0 Å². The summed E-state index contributed by atoms with van der Waals surface area (Å²) >= 11 is 0. The first kappa shape index (κ1) is 41.7. The van der Waals surface area contributed by atoms with Crippen LogP contribution in [-0.2, 0) is 0 Å². The van der Waals surface area contributed by atoms with Gasteiger partial charge in [-0.2, -0.15) is 0 Å². The molecule has 0 atom stereocenters. The molecule has 0 rings (SSSR count). The van der Waals surface area contributed by atoms with Crippen LogP contribution in [0.3, 0.4) is 0 Å². The van der Waals surface area contributed by atoms with Crippen molar-refractivity contribution in [3.8, 4) is 0 Å². The van der Waals surface area contributed by atoms with Crippen LogP contribution < -0.4 is 0 Å². The Morgan fingerprint density at radius 1 is 0.238 bits per heavy atom. The van der Waals surface area contributed by atoms with Gasteiger partial charge in [-0.15, -0.1) is 0 Å². The third-order valence-electron chi connectivity index (χ3n) is 9.77. The van der Waals surface area contributed by atoms with Crippen molar-refractivity contribution in [1.82, 2.24) is 0 Å². The smallest absolute Gasteiger partial charge is 0.0323 e. The Kier molecular flexibility index (Phi) is 38.5. The zero-order chi connectivity index (χ0) is 30.4. The minimum atomic E-state index is 1.29. The van der Waals surface area contributed by atoms with Gasteiger partial charge in [-0.25, -0.2) is 0 Å². The van der Waals surface area contributed by atoms with Crippen molar-refractivity contribution in [2.75, 3.05) is 0 Å². The van der Waals surface area contributed by atoms with E-state index in [0.29, 0.717) is 0 Å². The van der Waals surface area contributed by atoms with Crippen LogP contribution in [0.5, 0.6) is 0 Å². The lowest BCUT2D eigenvalue weighted by molar-refractivity contribution is 0.522. The third-order valence-corrected chi connectivity index (χ3v) is 9.77. The monoisotopic (exact) mass is 589 g/mol. The Hall–Kier alpha value is -0.260. The van der Waals surface area contributed by atoms with E-state index in [4.69, 9.17) is 0 Å². The van der Waals surface area contributed by atoms with Gasteiger partial charge in [0.25, 0.3) is 0 Å². The number of hydrogen-bond acceptors (Lipinski definition) is 0. The van der Waals surface area contributed by atoms with Crippen LogP contribution in [0.2, 0.25) is 0 Å². The molecule has 0 fully saturated rings. The Labute approximate surface area is 269 Å². The summed E-state index contributed by atoms with van der Waals surface area (Å²) in [7, 11) is 0. The van der Waals surface area contributed by atoms with Gasteiger partial charge in [0, 0.05) is 0 Å². The summed E-state index contributed by atoms with van der Waals surface area (Å²) in [5.74, 6) is 0. The fourth-order valence-electron chi connectivity index (χ4n) is 6.68. The van der Waals surface area contributed by atoms with Crippen molar-refractivity contribution in [2.45, 2.75) is 258 Å². The molecular weight excluding hydrogens is 504 g/mol. The quantitative estimate of drug-likeness (QED) is 0.0497. The van der Waals surface area contributed by atoms with Gasteiger partial charge in [0.1, 0.15) is 0 Å². The molecule has 0 heterocycles. The summed E-state index contributed by atoms with van der Waals surface area (Å²) in [6.07, 6.45) is 55.1. The lowest BCUT2D eigenvalue weighted by Crippen LogP contribution is -1.87. The molecule has 0 heteroatoms. The summed E-state index contributed by atoms with van der Waals surface area (Å²) in [6.45, 7) is 9.00. The number of rotatable bonds is 38. The van der Waals surface area contributed by atoms with Crippen molar-refractivity contribution < 1.29 is 0 Å². The summed E-state index contributed by atoms with van der Waals surface area (Å²) in [5.41, 5.74) is 1.53. The summed E-state index contributed by atoms with van der Waals surface area (Å²) in [4.78, 5) is 0. The molecule has 0 N–H and O–H groups in total. The van der Waals surface area contributed by atoms with Crippen molar-refractivity contribution in [1.29, 1.82) is 0 Å². The van der Waals surface area contributed by atoms with E-state index in [2.05, 4.69) is 20.4 Å². The standard InChI is InChI=1S/C42H84/c1-4-6-8-10-12-14-16-18-20-22-24-26-28-30-32-34-36-38-40-42(3)41-39-37-35-33-31-29-27-25-23-21-19-17-15-13-11-9-7-5-2/h3-41H2,1-2H3. The molecule has 0 aliphatic carbocycles. The Morgan fingerprint density at radius 3 is 0.548 bits per heavy atom. The maximum atomic E-state index is 4.38. The molecule has 0 saturated carbocycles. The predicted octanol–water partition coefficient (Wildman–Crippen LogP) is 16.4. The zero-order valence-electron chi connectivity index (χ0n) is 30.1. The van der Waals surface area contributed by atoms with E-state index in [0.717, 1.165) is 0 Å². The van der Waals surface area contributed by atoms with Crippen molar-refractivity contribution in [3.63, 3.8) is 0 Å². The first-order chi connectivity index (χ1) is 20.8. The maximum Gasteiger partial charge on any atom is -0.0323 e. The van der Waals surface area contributed by atoms with Crippen LogP contribution in [0.15, 0.2) is 12.2 Å². The first-order valence-corrected chi connectivity index (χ1v) is 20.5. The Bertz CT molecular complexity index is 434. The van der Waals surface area contributed by atoms with Crippen LogP contribution in [0.25, 0.3) is 0 Å². The maximum absolute atomic E-state index is 4.38. The molecule has 0 radical (unpaired) electrons. The fourth-order valence-corrected chi connectivity index (χ4v) is 6.68. The van der Waals surface area contributed by atoms with Crippen LogP contribution in [0, 0.1) is 0 Å². The lowest BCUT2D eigenvalue weighted by Gasteiger charge is -2.07. The topological polar surface area (TPSA) is 0 Å². The Balaban J connectivity index is 3.14. The summed E-state index contributed by atoms with van der Waals surface area (Å²) in [6, 6.07) is 0. The van der Waals surface area contributed by atoms with Gasteiger partial charge in [-0.1, -0.05) is 244 Å². The normalized spacial score (nSPS) is 11.5. The van der Waals surface area contributed by atoms with Gasteiger partial charge in [0.05, 0.1) is 0 Å². The molecule has 0 bridgehead atoms. The van der Waals surface area contributed by atoms with Crippen LogP contribution in [0.4, 0.5) is 0 Å². The molecule has 0 amide bonds. The highest BCUT2D eigenvalue weighted by Crippen LogP contribution is 2.19. The van der Waals surface area contributed by atoms with Crippen LogP contribution >= 0.6 is 0 Å². The van der Waals surface area contributed by atoms with E-state index in [1.807, 2.05) is 0 Å². The molecular formula is C42H84. The molecule has 0 aromatic rings. The minimum absolute atomic E-state index is 1.29. The zero-order valence-corrected chi connectivity index (χ0v) is 30.1. The largest absolute Gasteiger partial charge is 0.0999 e. The number of hydrogen-bond donors (Lipinski definition) is 0. The van der Waals surface area contributed by atoms with Gasteiger partial charge in [-0.05, 0) is 25.7 Å². The van der Waals surface area contributed by atoms with E-state index >= 15 is 0 Å². The molecule has 0 spiro atoms. The average molecular weight is 589 g/mol. The highest BCUT2D eigenvalue weighted by atomic mass is 14.1. The SMILES string of the molecule is C=C(CCCCCCCCCCCCCCCCCCCC)CCCCCCCCCCCCCCCCCCCC. The Morgan fingerprint density at radius 2 is 0.381 bits per heavy atom. The van der Waals surface area contributed by atoms with Crippen LogP contribution in [-0.4, -0.2) is 0 Å². The van der Waals surface area contributed by atoms with Gasteiger partial charge < -0.3 is 0 Å². The number of allylic oxidation sites excluding steroid dienone is 1. The van der Waals surface area contributed by atoms with Gasteiger partial charge in [-0.3, -0.25) is 0 Å². The molecule has 0 aromatic heterocycles. The van der Waals surface area contributed by atoms with Gasteiger partial charge in [0.15, 0.2) is 0 Å². The second kappa shape index (κ2) is 38.8. The fraction of sp³-hybridized carbons (Fsp3) is 0.952. The molecule has 0 aliphatic heterocycles. The average Bonchev–Trinajstić information content (AvgIpc) is 3.00. The molecule has 0 aromatic carbocycles. The van der Waals surface area contributed by atoms with Crippen molar-refractivity contribution in [2.24, 2.45) is 0 Å².